The fourth-order valence-corrected chi connectivity index (χ4v) is 3.18. The molecule has 1 N–H and O–H groups in total. The third-order valence-electron chi connectivity index (χ3n) is 3.99. The van der Waals surface area contributed by atoms with Gasteiger partial charge < -0.3 is 5.32 Å². The summed E-state index contributed by atoms with van der Waals surface area (Å²) in [6.07, 6.45) is 2.50. The van der Waals surface area contributed by atoms with Gasteiger partial charge in [-0.15, -0.1) is 0 Å². The minimum absolute atomic E-state index is 0.660. The Bertz CT molecular complexity index is 554. The maximum absolute atomic E-state index is 3.64. The lowest BCUT2D eigenvalue weighted by Crippen LogP contribution is -2.39. The van der Waals surface area contributed by atoms with Crippen LogP contribution < -0.4 is 5.32 Å². The molecule has 1 nitrogen and oxygen atoms in total. The molecule has 0 aromatic heterocycles. The maximum Gasteiger partial charge on any atom is 0.0208 e. The first-order chi connectivity index (χ1) is 9.70. The van der Waals surface area contributed by atoms with E-state index in [0.717, 1.165) is 21.4 Å². The van der Waals surface area contributed by atoms with Crippen LogP contribution in [-0.4, -0.2) is 6.04 Å². The lowest BCUT2D eigenvalue weighted by molar-refractivity contribution is 0.289. The van der Waals surface area contributed by atoms with Crippen molar-refractivity contribution in [2.24, 2.45) is 0 Å². The molecule has 0 amide bonds. The summed E-state index contributed by atoms with van der Waals surface area (Å²) in [4.78, 5) is 0. The van der Waals surface area contributed by atoms with E-state index in [2.05, 4.69) is 85.7 Å². The Kier molecular flexibility index (Phi) is 4.59. The van der Waals surface area contributed by atoms with Crippen LogP contribution in [0.4, 0.5) is 0 Å². The second-order valence-corrected chi connectivity index (χ2v) is 7.26. The molecule has 0 heterocycles. The minimum atomic E-state index is 0.660. The fourth-order valence-electron chi connectivity index (χ4n) is 2.66. The van der Waals surface area contributed by atoms with Crippen LogP contribution in [0.5, 0.6) is 0 Å². The van der Waals surface area contributed by atoms with Crippen LogP contribution in [0.15, 0.2) is 57.5 Å². The molecule has 3 heteroatoms. The van der Waals surface area contributed by atoms with E-state index in [1.807, 2.05) is 0 Å². The first-order valence-corrected chi connectivity index (χ1v) is 8.52. The summed E-state index contributed by atoms with van der Waals surface area (Å²) in [6.45, 7) is 0.963. The Morgan fingerprint density at radius 2 is 1.40 bits per heavy atom. The standard InChI is InChI=1S/C17H17Br2N/c18-15-5-1-12(2-6-15)11-20-17-9-14(10-17)13-3-7-16(19)8-4-13/h1-8,14,17,20H,9-11H2. The van der Waals surface area contributed by atoms with E-state index < -0.39 is 0 Å². The highest BCUT2D eigenvalue weighted by Crippen LogP contribution is 2.37. The number of rotatable bonds is 4. The average molecular weight is 395 g/mol. The zero-order valence-corrected chi connectivity index (χ0v) is 14.3. The minimum Gasteiger partial charge on any atom is -0.310 e. The van der Waals surface area contributed by atoms with Crippen molar-refractivity contribution in [1.82, 2.24) is 5.32 Å². The van der Waals surface area contributed by atoms with Crippen LogP contribution in [0.2, 0.25) is 0 Å². The molecule has 0 saturated heterocycles. The molecule has 0 spiro atoms. The number of halogens is 2. The van der Waals surface area contributed by atoms with E-state index in [9.17, 15) is 0 Å². The van der Waals surface area contributed by atoms with Gasteiger partial charge in [0.2, 0.25) is 0 Å². The highest BCUT2D eigenvalue weighted by Gasteiger charge is 2.29. The van der Waals surface area contributed by atoms with Crippen molar-refractivity contribution < 1.29 is 0 Å². The van der Waals surface area contributed by atoms with E-state index in [0.29, 0.717) is 6.04 Å². The van der Waals surface area contributed by atoms with E-state index in [4.69, 9.17) is 0 Å². The zero-order valence-electron chi connectivity index (χ0n) is 11.2. The molecule has 0 atom stereocenters. The Morgan fingerprint density at radius 1 is 0.850 bits per heavy atom. The Balaban J connectivity index is 1.46. The summed E-state index contributed by atoms with van der Waals surface area (Å²) in [5.41, 5.74) is 2.81. The first-order valence-electron chi connectivity index (χ1n) is 6.94. The Labute approximate surface area is 137 Å². The lowest BCUT2D eigenvalue weighted by Gasteiger charge is -2.36. The van der Waals surface area contributed by atoms with Crippen LogP contribution in [0.25, 0.3) is 0 Å². The van der Waals surface area contributed by atoms with Crippen LogP contribution in [0.1, 0.15) is 29.9 Å². The molecule has 20 heavy (non-hydrogen) atoms. The maximum atomic E-state index is 3.64. The van der Waals surface area contributed by atoms with Gasteiger partial charge in [0.15, 0.2) is 0 Å². The van der Waals surface area contributed by atoms with E-state index >= 15 is 0 Å². The predicted octanol–water partition coefficient (Wildman–Crippen LogP) is 5.25. The van der Waals surface area contributed by atoms with Crippen molar-refractivity contribution in [2.75, 3.05) is 0 Å². The van der Waals surface area contributed by atoms with Crippen molar-refractivity contribution in [2.45, 2.75) is 31.3 Å². The lowest BCUT2D eigenvalue weighted by atomic mass is 9.76. The molecule has 2 aromatic rings. The van der Waals surface area contributed by atoms with Crippen molar-refractivity contribution in [3.8, 4) is 0 Å². The summed E-state index contributed by atoms with van der Waals surface area (Å²) >= 11 is 6.95. The molecule has 0 bridgehead atoms. The summed E-state index contributed by atoms with van der Waals surface area (Å²) in [6, 6.07) is 17.9. The van der Waals surface area contributed by atoms with Gasteiger partial charge in [-0.05, 0) is 54.2 Å². The van der Waals surface area contributed by atoms with Crippen LogP contribution in [-0.2, 0) is 6.54 Å². The second-order valence-electron chi connectivity index (χ2n) is 5.42. The molecule has 2 aromatic carbocycles. The molecule has 1 fully saturated rings. The van der Waals surface area contributed by atoms with Gasteiger partial charge in [-0.2, -0.15) is 0 Å². The quantitative estimate of drug-likeness (QED) is 0.746. The Morgan fingerprint density at radius 3 is 2.00 bits per heavy atom. The fraction of sp³-hybridized carbons (Fsp3) is 0.294. The van der Waals surface area contributed by atoms with Crippen LogP contribution in [0, 0.1) is 0 Å². The number of hydrogen-bond donors (Lipinski definition) is 1. The molecule has 104 valence electrons. The molecule has 0 unspecified atom stereocenters. The number of hydrogen-bond acceptors (Lipinski definition) is 1. The molecular formula is C17H17Br2N. The van der Waals surface area contributed by atoms with Crippen molar-refractivity contribution >= 4 is 31.9 Å². The van der Waals surface area contributed by atoms with Gasteiger partial charge in [0, 0.05) is 21.5 Å². The van der Waals surface area contributed by atoms with Crippen LogP contribution in [0.3, 0.4) is 0 Å². The van der Waals surface area contributed by atoms with E-state index in [1.165, 1.54) is 24.0 Å². The third-order valence-corrected chi connectivity index (χ3v) is 5.04. The van der Waals surface area contributed by atoms with Gasteiger partial charge in [-0.3, -0.25) is 0 Å². The highest BCUT2D eigenvalue weighted by molar-refractivity contribution is 9.10. The molecule has 0 aliphatic heterocycles. The van der Waals surface area contributed by atoms with E-state index in [1.54, 1.807) is 0 Å². The number of benzene rings is 2. The zero-order chi connectivity index (χ0) is 13.9. The van der Waals surface area contributed by atoms with Crippen molar-refractivity contribution in [3.63, 3.8) is 0 Å². The van der Waals surface area contributed by atoms with Crippen molar-refractivity contribution in [3.05, 3.63) is 68.6 Å². The van der Waals surface area contributed by atoms with Gasteiger partial charge in [-0.25, -0.2) is 0 Å². The number of nitrogens with one attached hydrogen (secondary N) is 1. The normalized spacial score (nSPS) is 21.5. The predicted molar refractivity (Wildman–Crippen MR) is 90.9 cm³/mol. The van der Waals surface area contributed by atoms with Gasteiger partial charge in [0.05, 0.1) is 0 Å². The van der Waals surface area contributed by atoms with Gasteiger partial charge >= 0.3 is 0 Å². The molecule has 1 saturated carbocycles. The Hall–Kier alpha value is -0.640. The summed E-state index contributed by atoms with van der Waals surface area (Å²) in [5, 5.41) is 3.64. The second kappa shape index (κ2) is 6.42. The smallest absolute Gasteiger partial charge is 0.0208 e. The topological polar surface area (TPSA) is 12.0 Å². The molecule has 0 radical (unpaired) electrons. The largest absolute Gasteiger partial charge is 0.310 e. The van der Waals surface area contributed by atoms with Crippen LogP contribution >= 0.6 is 31.9 Å². The molecule has 3 rings (SSSR count). The van der Waals surface area contributed by atoms with Gasteiger partial charge in [0.25, 0.3) is 0 Å². The first kappa shape index (κ1) is 14.3. The average Bonchev–Trinajstić information content (AvgIpc) is 2.41. The molecule has 1 aliphatic rings. The monoisotopic (exact) mass is 393 g/mol. The molecule has 1 aliphatic carbocycles. The third kappa shape index (κ3) is 3.51. The molecular weight excluding hydrogens is 378 g/mol. The SMILES string of the molecule is Brc1ccc(CNC2CC(c3ccc(Br)cc3)C2)cc1. The van der Waals surface area contributed by atoms with Gasteiger partial charge in [0.1, 0.15) is 0 Å². The van der Waals surface area contributed by atoms with E-state index in [-0.39, 0.29) is 0 Å². The van der Waals surface area contributed by atoms with Gasteiger partial charge in [-0.1, -0.05) is 56.1 Å². The summed E-state index contributed by atoms with van der Waals surface area (Å²) in [5.74, 6) is 0.727. The summed E-state index contributed by atoms with van der Waals surface area (Å²) in [7, 11) is 0. The summed E-state index contributed by atoms with van der Waals surface area (Å²) < 4.78 is 2.30. The van der Waals surface area contributed by atoms with Crippen molar-refractivity contribution in [1.29, 1.82) is 0 Å². The highest BCUT2D eigenvalue weighted by atomic mass is 79.9.